The molecule has 2 aliphatic rings. The van der Waals surface area contributed by atoms with Gasteiger partial charge in [0.15, 0.2) is 0 Å². The zero-order chi connectivity index (χ0) is 12.4. The predicted octanol–water partition coefficient (Wildman–Crippen LogP) is 3.32. The molecule has 2 rings (SSSR count). The molecule has 0 spiro atoms. The monoisotopic (exact) mass is 237 g/mol. The Bertz CT molecular complexity index is 266. The Hall–Kier alpha value is -0.530. The van der Waals surface area contributed by atoms with E-state index >= 15 is 0 Å². The highest BCUT2D eigenvalue weighted by atomic mass is 16.2. The minimum absolute atomic E-state index is 0.339. The van der Waals surface area contributed by atoms with Gasteiger partial charge in [-0.3, -0.25) is 4.79 Å². The van der Waals surface area contributed by atoms with E-state index in [-0.39, 0.29) is 0 Å². The fraction of sp³-hybridized carbons (Fsp3) is 0.933. The number of rotatable bonds is 2. The fourth-order valence-electron chi connectivity index (χ4n) is 3.53. The van der Waals surface area contributed by atoms with Crippen molar-refractivity contribution in [2.24, 2.45) is 23.7 Å². The Labute approximate surface area is 106 Å². The first-order chi connectivity index (χ1) is 8.09. The van der Waals surface area contributed by atoms with Gasteiger partial charge in [-0.2, -0.15) is 0 Å². The largest absolute Gasteiger partial charge is 0.342 e. The maximum absolute atomic E-state index is 12.4. The Morgan fingerprint density at radius 3 is 2.24 bits per heavy atom. The summed E-state index contributed by atoms with van der Waals surface area (Å²) in [4.78, 5) is 14.6. The van der Waals surface area contributed by atoms with Crippen molar-refractivity contribution in [3.63, 3.8) is 0 Å². The summed E-state index contributed by atoms with van der Waals surface area (Å²) in [5, 5.41) is 0. The van der Waals surface area contributed by atoms with Crippen molar-refractivity contribution in [1.29, 1.82) is 0 Å². The molecule has 0 radical (unpaired) electrons. The van der Waals surface area contributed by atoms with Crippen LogP contribution < -0.4 is 0 Å². The van der Waals surface area contributed by atoms with E-state index in [1.165, 1.54) is 25.7 Å². The third-order valence-electron chi connectivity index (χ3n) is 4.97. The van der Waals surface area contributed by atoms with Gasteiger partial charge >= 0.3 is 0 Å². The Balaban J connectivity index is 1.86. The lowest BCUT2D eigenvalue weighted by atomic mass is 9.86. The Morgan fingerprint density at radius 2 is 1.76 bits per heavy atom. The summed E-state index contributed by atoms with van der Waals surface area (Å²) >= 11 is 0. The predicted molar refractivity (Wildman–Crippen MR) is 70.6 cm³/mol. The summed E-state index contributed by atoms with van der Waals surface area (Å²) in [5.41, 5.74) is 0. The highest BCUT2D eigenvalue weighted by Crippen LogP contribution is 2.34. The molecule has 0 N–H and O–H groups in total. The number of carbonyl (C=O) groups excluding carboxylic acids is 1. The summed E-state index contributed by atoms with van der Waals surface area (Å²) in [5.74, 6) is 3.02. The van der Waals surface area contributed by atoms with E-state index in [0.29, 0.717) is 17.7 Å². The van der Waals surface area contributed by atoms with Crippen molar-refractivity contribution >= 4 is 5.91 Å². The average molecular weight is 237 g/mol. The van der Waals surface area contributed by atoms with Crippen molar-refractivity contribution in [2.75, 3.05) is 13.1 Å². The number of hydrogen-bond donors (Lipinski definition) is 0. The van der Waals surface area contributed by atoms with E-state index < -0.39 is 0 Å². The lowest BCUT2D eigenvalue weighted by molar-refractivity contribution is -0.138. The first-order valence-corrected chi connectivity index (χ1v) is 7.38. The number of piperidine rings is 1. The van der Waals surface area contributed by atoms with Crippen LogP contribution in [0.1, 0.15) is 52.9 Å². The molecule has 17 heavy (non-hydrogen) atoms. The number of nitrogens with zero attached hydrogens (tertiary/aromatic N) is 1. The second-order valence-electron chi connectivity index (χ2n) is 6.42. The molecule has 1 saturated carbocycles. The van der Waals surface area contributed by atoms with Crippen LogP contribution in [0.4, 0.5) is 0 Å². The molecule has 1 aliphatic heterocycles. The molecule has 1 saturated heterocycles. The molecular formula is C15H27NO. The van der Waals surface area contributed by atoms with Gasteiger partial charge in [-0.05, 0) is 43.4 Å². The van der Waals surface area contributed by atoms with E-state index in [2.05, 4.69) is 25.7 Å². The van der Waals surface area contributed by atoms with Crippen LogP contribution in [-0.2, 0) is 4.79 Å². The molecule has 0 aromatic heterocycles. The molecule has 98 valence electrons. The fourth-order valence-corrected chi connectivity index (χ4v) is 3.53. The minimum Gasteiger partial charge on any atom is -0.342 e. The second-order valence-corrected chi connectivity index (χ2v) is 6.42. The van der Waals surface area contributed by atoms with Gasteiger partial charge in [0.2, 0.25) is 5.91 Å². The number of likely N-dealkylation sites (tertiary alicyclic amines) is 1. The lowest BCUT2D eigenvalue weighted by Gasteiger charge is -2.35. The number of amides is 1. The van der Waals surface area contributed by atoms with Crippen LogP contribution in [0.3, 0.4) is 0 Å². The van der Waals surface area contributed by atoms with E-state index in [1.807, 2.05) is 0 Å². The Morgan fingerprint density at radius 1 is 1.12 bits per heavy atom. The van der Waals surface area contributed by atoms with E-state index in [9.17, 15) is 4.79 Å². The van der Waals surface area contributed by atoms with Crippen molar-refractivity contribution in [3.05, 3.63) is 0 Å². The van der Waals surface area contributed by atoms with E-state index in [0.717, 1.165) is 31.3 Å². The first-order valence-electron chi connectivity index (χ1n) is 7.38. The molecule has 2 heteroatoms. The third-order valence-corrected chi connectivity index (χ3v) is 4.97. The zero-order valence-electron chi connectivity index (χ0n) is 11.6. The van der Waals surface area contributed by atoms with Crippen LogP contribution in [0.5, 0.6) is 0 Å². The van der Waals surface area contributed by atoms with Crippen molar-refractivity contribution in [1.82, 2.24) is 4.90 Å². The van der Waals surface area contributed by atoms with Gasteiger partial charge < -0.3 is 4.90 Å². The maximum Gasteiger partial charge on any atom is 0.225 e. The summed E-state index contributed by atoms with van der Waals surface area (Å²) in [6.45, 7) is 8.87. The highest BCUT2D eigenvalue weighted by Gasteiger charge is 2.34. The Kier molecular flexibility index (Phi) is 4.11. The number of carbonyl (C=O) groups is 1. The normalized spacial score (nSPS) is 31.2. The van der Waals surface area contributed by atoms with Gasteiger partial charge in [0.05, 0.1) is 0 Å². The molecule has 1 aliphatic carbocycles. The van der Waals surface area contributed by atoms with Crippen molar-refractivity contribution in [2.45, 2.75) is 52.9 Å². The zero-order valence-corrected chi connectivity index (χ0v) is 11.6. The molecule has 0 bridgehead atoms. The molecule has 1 heterocycles. The van der Waals surface area contributed by atoms with Gasteiger partial charge in [-0.15, -0.1) is 0 Å². The van der Waals surface area contributed by atoms with Gasteiger partial charge in [0, 0.05) is 19.0 Å². The molecule has 0 aromatic rings. The molecule has 0 aromatic carbocycles. The summed E-state index contributed by atoms with van der Waals surface area (Å²) in [7, 11) is 0. The van der Waals surface area contributed by atoms with E-state index in [4.69, 9.17) is 0 Å². The van der Waals surface area contributed by atoms with Gasteiger partial charge in [-0.1, -0.05) is 27.2 Å². The number of hydrogen-bond acceptors (Lipinski definition) is 1. The van der Waals surface area contributed by atoms with Crippen LogP contribution in [0.2, 0.25) is 0 Å². The van der Waals surface area contributed by atoms with Crippen LogP contribution >= 0.6 is 0 Å². The van der Waals surface area contributed by atoms with E-state index in [1.54, 1.807) is 0 Å². The first kappa shape index (κ1) is 12.9. The second kappa shape index (κ2) is 5.41. The van der Waals surface area contributed by atoms with Crippen LogP contribution in [0, 0.1) is 23.7 Å². The topological polar surface area (TPSA) is 20.3 Å². The SMILES string of the molecule is CC(C)C1CCN(C(=O)C2CCCC2C)CC1. The quantitative estimate of drug-likeness (QED) is 0.721. The minimum atomic E-state index is 0.339. The van der Waals surface area contributed by atoms with Gasteiger partial charge in [0.1, 0.15) is 0 Å². The van der Waals surface area contributed by atoms with Crippen LogP contribution in [-0.4, -0.2) is 23.9 Å². The van der Waals surface area contributed by atoms with Gasteiger partial charge in [0.25, 0.3) is 0 Å². The van der Waals surface area contributed by atoms with Gasteiger partial charge in [-0.25, -0.2) is 0 Å². The molecule has 2 nitrogen and oxygen atoms in total. The summed E-state index contributed by atoms with van der Waals surface area (Å²) in [6.07, 6.45) is 6.05. The molecule has 1 amide bonds. The third kappa shape index (κ3) is 2.83. The molecular weight excluding hydrogens is 210 g/mol. The smallest absolute Gasteiger partial charge is 0.225 e. The molecule has 2 unspecified atom stereocenters. The van der Waals surface area contributed by atoms with Crippen LogP contribution in [0.15, 0.2) is 0 Å². The van der Waals surface area contributed by atoms with Crippen LogP contribution in [0.25, 0.3) is 0 Å². The molecule has 2 atom stereocenters. The van der Waals surface area contributed by atoms with Crippen molar-refractivity contribution in [3.8, 4) is 0 Å². The van der Waals surface area contributed by atoms with Crippen molar-refractivity contribution < 1.29 is 4.79 Å². The highest BCUT2D eigenvalue weighted by molar-refractivity contribution is 5.79. The molecule has 2 fully saturated rings. The lowest BCUT2D eigenvalue weighted by Crippen LogP contribution is -2.43. The maximum atomic E-state index is 12.4. The summed E-state index contributed by atoms with van der Waals surface area (Å²) < 4.78 is 0. The standard InChI is InChI=1S/C15H27NO/c1-11(2)13-7-9-16(10-8-13)15(17)14-6-4-5-12(14)3/h11-14H,4-10H2,1-3H3. The summed E-state index contributed by atoms with van der Waals surface area (Å²) in [6, 6.07) is 0. The average Bonchev–Trinajstić information content (AvgIpc) is 2.74.